The zero-order valence-electron chi connectivity index (χ0n) is 12.5. The Morgan fingerprint density at radius 2 is 2.05 bits per heavy atom. The molecule has 0 aliphatic carbocycles. The van der Waals surface area contributed by atoms with Crippen molar-refractivity contribution < 1.29 is 14.3 Å². The molecule has 0 bridgehead atoms. The first-order valence-electron chi connectivity index (χ1n) is 7.05. The number of hydrogen-bond acceptors (Lipinski definition) is 3. The molecule has 1 rings (SSSR count). The van der Waals surface area contributed by atoms with Gasteiger partial charge in [-0.25, -0.2) is 9.18 Å². The van der Waals surface area contributed by atoms with E-state index in [-0.39, 0.29) is 5.82 Å². The molecule has 0 aliphatic rings. The first-order valence-corrected chi connectivity index (χ1v) is 8.21. The first-order chi connectivity index (χ1) is 10.0. The van der Waals surface area contributed by atoms with Gasteiger partial charge in [0.2, 0.25) is 0 Å². The lowest BCUT2D eigenvalue weighted by molar-refractivity contribution is -0.131. The van der Waals surface area contributed by atoms with Crippen LogP contribution in [0.3, 0.4) is 0 Å². The number of aliphatic carboxylic acids is 1. The molecule has 0 amide bonds. The van der Waals surface area contributed by atoms with Crippen molar-refractivity contribution in [3.8, 4) is 0 Å². The molecular weight excluding hydrogens is 289 g/mol. The van der Waals surface area contributed by atoms with Crippen molar-refractivity contribution in [3.63, 3.8) is 0 Å². The fourth-order valence-corrected chi connectivity index (χ4v) is 2.88. The molecule has 3 nitrogen and oxygen atoms in total. The molecule has 0 aromatic heterocycles. The largest absolute Gasteiger partial charge is 0.478 e. The van der Waals surface area contributed by atoms with Crippen molar-refractivity contribution in [2.24, 2.45) is 0 Å². The molecule has 1 aromatic rings. The van der Waals surface area contributed by atoms with E-state index in [9.17, 15) is 9.18 Å². The van der Waals surface area contributed by atoms with Crippen molar-refractivity contribution >= 4 is 23.8 Å². The van der Waals surface area contributed by atoms with Gasteiger partial charge in [-0.15, -0.1) is 0 Å². The molecule has 0 aliphatic heterocycles. The van der Waals surface area contributed by atoms with Gasteiger partial charge < -0.3 is 10.0 Å². The quantitative estimate of drug-likeness (QED) is 0.560. The van der Waals surface area contributed by atoms with E-state index in [0.29, 0.717) is 5.56 Å². The van der Waals surface area contributed by atoms with Crippen LogP contribution in [0, 0.1) is 5.82 Å². The van der Waals surface area contributed by atoms with Gasteiger partial charge in [0.1, 0.15) is 5.82 Å². The van der Waals surface area contributed by atoms with Gasteiger partial charge in [0, 0.05) is 24.1 Å². The standard InChI is InChI=1S/C16H22FNO2S/c1-3-18(4-2)7-8-21-12-14-9-13(5-6-16(19)20)10-15(17)11-14/h5-6,9-11H,3-4,7-8,12H2,1-2H3,(H,19,20). The van der Waals surface area contributed by atoms with Crippen LogP contribution in [0.25, 0.3) is 6.08 Å². The Bertz CT molecular complexity index is 487. The molecule has 0 heterocycles. The van der Waals surface area contributed by atoms with E-state index in [1.54, 1.807) is 11.8 Å². The fourth-order valence-electron chi connectivity index (χ4n) is 1.95. The second-order valence-electron chi connectivity index (χ2n) is 4.64. The third-order valence-corrected chi connectivity index (χ3v) is 4.12. The number of carbonyl (C=O) groups is 1. The van der Waals surface area contributed by atoms with Crippen molar-refractivity contribution in [2.45, 2.75) is 19.6 Å². The van der Waals surface area contributed by atoms with E-state index in [1.165, 1.54) is 18.2 Å². The zero-order valence-corrected chi connectivity index (χ0v) is 13.3. The summed E-state index contributed by atoms with van der Waals surface area (Å²) in [4.78, 5) is 12.8. The highest BCUT2D eigenvalue weighted by molar-refractivity contribution is 7.98. The van der Waals surface area contributed by atoms with Crippen molar-refractivity contribution in [3.05, 3.63) is 41.2 Å². The highest BCUT2D eigenvalue weighted by Crippen LogP contribution is 2.17. The van der Waals surface area contributed by atoms with Crippen molar-refractivity contribution in [2.75, 3.05) is 25.4 Å². The summed E-state index contributed by atoms with van der Waals surface area (Å²) in [6.45, 7) is 7.39. The average molecular weight is 311 g/mol. The Labute approximate surface area is 129 Å². The van der Waals surface area contributed by atoms with E-state index in [0.717, 1.165) is 42.8 Å². The monoisotopic (exact) mass is 311 g/mol. The van der Waals surface area contributed by atoms with Crippen LogP contribution >= 0.6 is 11.8 Å². The molecule has 116 valence electrons. The highest BCUT2D eigenvalue weighted by atomic mass is 32.2. The van der Waals surface area contributed by atoms with E-state index in [4.69, 9.17) is 5.11 Å². The lowest BCUT2D eigenvalue weighted by Gasteiger charge is -2.17. The minimum absolute atomic E-state index is 0.332. The van der Waals surface area contributed by atoms with Crippen LogP contribution in [0.2, 0.25) is 0 Å². The van der Waals surface area contributed by atoms with E-state index in [1.807, 2.05) is 6.07 Å². The first kappa shape index (κ1) is 17.7. The van der Waals surface area contributed by atoms with Crippen molar-refractivity contribution in [1.82, 2.24) is 4.90 Å². The molecule has 0 unspecified atom stereocenters. The van der Waals surface area contributed by atoms with Gasteiger partial charge in [0.15, 0.2) is 0 Å². The topological polar surface area (TPSA) is 40.5 Å². The maximum absolute atomic E-state index is 13.5. The van der Waals surface area contributed by atoms with Gasteiger partial charge in [-0.1, -0.05) is 19.9 Å². The summed E-state index contributed by atoms with van der Waals surface area (Å²) in [5.41, 5.74) is 1.46. The van der Waals surface area contributed by atoms with Crippen LogP contribution in [0.1, 0.15) is 25.0 Å². The minimum Gasteiger partial charge on any atom is -0.478 e. The summed E-state index contributed by atoms with van der Waals surface area (Å²) >= 11 is 1.76. The Hall–Kier alpha value is -1.33. The summed E-state index contributed by atoms with van der Waals surface area (Å²) < 4.78 is 13.5. The number of rotatable bonds is 9. The van der Waals surface area contributed by atoms with Gasteiger partial charge in [-0.3, -0.25) is 0 Å². The van der Waals surface area contributed by atoms with Gasteiger partial charge in [0.25, 0.3) is 0 Å². The molecule has 21 heavy (non-hydrogen) atoms. The lowest BCUT2D eigenvalue weighted by atomic mass is 10.1. The van der Waals surface area contributed by atoms with E-state index < -0.39 is 5.97 Å². The van der Waals surface area contributed by atoms with E-state index >= 15 is 0 Å². The maximum atomic E-state index is 13.5. The number of halogens is 1. The van der Waals surface area contributed by atoms with Crippen LogP contribution in [0.4, 0.5) is 4.39 Å². The van der Waals surface area contributed by atoms with Gasteiger partial charge in [0.05, 0.1) is 0 Å². The van der Waals surface area contributed by atoms with Crippen molar-refractivity contribution in [1.29, 1.82) is 0 Å². The molecule has 0 fully saturated rings. The molecule has 0 spiro atoms. The van der Waals surface area contributed by atoms with Crippen LogP contribution in [0.15, 0.2) is 24.3 Å². The molecule has 5 heteroatoms. The third-order valence-electron chi connectivity index (χ3n) is 3.11. The number of carboxylic acid groups (broad SMARTS) is 1. The number of carboxylic acids is 1. The molecule has 0 saturated carbocycles. The second-order valence-corrected chi connectivity index (χ2v) is 5.75. The maximum Gasteiger partial charge on any atom is 0.328 e. The SMILES string of the molecule is CCN(CC)CCSCc1cc(F)cc(C=CC(=O)O)c1. The summed E-state index contributed by atoms with van der Waals surface area (Å²) in [6.07, 6.45) is 2.43. The second kappa shape index (κ2) is 9.58. The zero-order chi connectivity index (χ0) is 15.7. The smallest absolute Gasteiger partial charge is 0.328 e. The predicted octanol–water partition coefficient (Wildman–Crippen LogP) is 3.50. The average Bonchev–Trinajstić information content (AvgIpc) is 2.45. The van der Waals surface area contributed by atoms with Crippen LogP contribution in [-0.2, 0) is 10.5 Å². The fraction of sp³-hybridized carbons (Fsp3) is 0.438. The number of thioether (sulfide) groups is 1. The molecule has 0 radical (unpaired) electrons. The molecule has 0 saturated heterocycles. The Morgan fingerprint density at radius 3 is 2.67 bits per heavy atom. The van der Waals surface area contributed by atoms with E-state index in [2.05, 4.69) is 18.7 Å². The Kier molecular flexibility index (Phi) is 8.08. The number of benzene rings is 1. The number of nitrogens with zero attached hydrogens (tertiary/aromatic N) is 1. The third kappa shape index (κ3) is 7.29. The molecular formula is C16H22FNO2S. The highest BCUT2D eigenvalue weighted by Gasteiger charge is 2.02. The summed E-state index contributed by atoms with van der Waals surface area (Å²) in [7, 11) is 0. The van der Waals surface area contributed by atoms with Crippen LogP contribution in [-0.4, -0.2) is 41.4 Å². The predicted molar refractivity (Wildman–Crippen MR) is 87.0 cm³/mol. The Morgan fingerprint density at radius 1 is 1.33 bits per heavy atom. The summed E-state index contributed by atoms with van der Waals surface area (Å²) in [6, 6.07) is 4.67. The van der Waals surface area contributed by atoms with Gasteiger partial charge in [-0.2, -0.15) is 11.8 Å². The molecule has 0 atom stereocenters. The molecule has 1 aromatic carbocycles. The minimum atomic E-state index is -1.03. The Balaban J connectivity index is 2.53. The summed E-state index contributed by atoms with van der Waals surface area (Å²) in [5.74, 6) is 0.363. The van der Waals surface area contributed by atoms with Gasteiger partial charge in [-0.05, 0) is 42.4 Å². The summed E-state index contributed by atoms with van der Waals surface area (Å²) in [5, 5.41) is 8.60. The normalized spacial score (nSPS) is 11.4. The van der Waals surface area contributed by atoms with Crippen LogP contribution < -0.4 is 0 Å². The van der Waals surface area contributed by atoms with Gasteiger partial charge >= 0.3 is 5.97 Å². The molecule has 1 N–H and O–H groups in total. The van der Waals surface area contributed by atoms with Crippen LogP contribution in [0.5, 0.6) is 0 Å². The number of hydrogen-bond donors (Lipinski definition) is 1. The lowest BCUT2D eigenvalue weighted by Crippen LogP contribution is -2.25.